The Labute approximate surface area is 132 Å². The summed E-state index contributed by atoms with van der Waals surface area (Å²) < 4.78 is 1.17. The molecule has 0 heterocycles. The zero-order chi connectivity index (χ0) is 14.6. The summed E-state index contributed by atoms with van der Waals surface area (Å²) in [4.78, 5) is 0. The van der Waals surface area contributed by atoms with Crippen LogP contribution in [0.4, 0.5) is 0 Å². The Balaban J connectivity index is 1.95. The van der Waals surface area contributed by atoms with Gasteiger partial charge in [0.05, 0.1) is 0 Å². The summed E-state index contributed by atoms with van der Waals surface area (Å²) in [6.45, 7) is 8.12. The van der Waals surface area contributed by atoms with E-state index in [4.69, 9.17) is 0 Å². The highest BCUT2D eigenvalue weighted by Crippen LogP contribution is 2.51. The molecule has 0 radical (unpaired) electrons. The Morgan fingerprint density at radius 2 is 2.20 bits per heavy atom. The summed E-state index contributed by atoms with van der Waals surface area (Å²) >= 11 is 3.55. The molecule has 1 aromatic carbocycles. The maximum Gasteiger partial charge on any atom is 0.0208 e. The summed E-state index contributed by atoms with van der Waals surface area (Å²) in [6.07, 6.45) is 6.76. The van der Waals surface area contributed by atoms with Crippen LogP contribution in [0.2, 0.25) is 0 Å². The highest BCUT2D eigenvalue weighted by Gasteiger charge is 2.46. The van der Waals surface area contributed by atoms with Gasteiger partial charge >= 0.3 is 0 Å². The molecule has 1 aliphatic carbocycles. The lowest BCUT2D eigenvalue weighted by molar-refractivity contribution is -0.000672. The van der Waals surface area contributed by atoms with Gasteiger partial charge in [-0.2, -0.15) is 0 Å². The van der Waals surface area contributed by atoms with Crippen molar-refractivity contribution in [2.24, 2.45) is 11.3 Å². The maximum atomic E-state index is 3.82. The van der Waals surface area contributed by atoms with Gasteiger partial charge in [-0.3, -0.25) is 0 Å². The van der Waals surface area contributed by atoms with Crippen LogP contribution in [0.25, 0.3) is 0 Å². The fourth-order valence-electron chi connectivity index (χ4n) is 3.82. The normalized spacial score (nSPS) is 27.1. The second-order valence-corrected chi connectivity index (χ2v) is 7.42. The number of halogens is 1. The number of benzene rings is 1. The molecule has 20 heavy (non-hydrogen) atoms. The third-order valence-electron chi connectivity index (χ3n) is 5.25. The minimum absolute atomic E-state index is 0.511. The molecule has 0 bridgehead atoms. The molecule has 0 spiro atoms. The fraction of sp³-hybridized carbons (Fsp3) is 0.667. The van der Waals surface area contributed by atoms with Crippen LogP contribution in [-0.4, -0.2) is 6.04 Å². The van der Waals surface area contributed by atoms with Crippen LogP contribution in [0.5, 0.6) is 0 Å². The predicted molar refractivity (Wildman–Crippen MR) is 90.8 cm³/mol. The van der Waals surface area contributed by atoms with Gasteiger partial charge in [-0.1, -0.05) is 61.7 Å². The lowest BCUT2D eigenvalue weighted by Crippen LogP contribution is -2.52. The van der Waals surface area contributed by atoms with Gasteiger partial charge in [-0.05, 0) is 48.3 Å². The van der Waals surface area contributed by atoms with Crippen LogP contribution in [0.3, 0.4) is 0 Å². The molecule has 0 amide bonds. The average Bonchev–Trinajstić information content (AvgIpc) is 2.44. The first-order chi connectivity index (χ1) is 9.60. The van der Waals surface area contributed by atoms with Crippen LogP contribution in [0.15, 0.2) is 28.7 Å². The van der Waals surface area contributed by atoms with Crippen molar-refractivity contribution in [1.82, 2.24) is 5.32 Å². The number of hydrogen-bond donors (Lipinski definition) is 1. The summed E-state index contributed by atoms with van der Waals surface area (Å²) in [5, 5.41) is 3.82. The first-order valence-corrected chi connectivity index (χ1v) is 8.87. The fourth-order valence-corrected chi connectivity index (χ4v) is 4.26. The molecule has 2 rings (SSSR count). The van der Waals surface area contributed by atoms with E-state index in [1.807, 2.05) is 0 Å². The zero-order valence-corrected chi connectivity index (χ0v) is 14.7. The van der Waals surface area contributed by atoms with Crippen LogP contribution in [-0.2, 0) is 6.54 Å². The van der Waals surface area contributed by atoms with Crippen molar-refractivity contribution >= 4 is 15.9 Å². The molecule has 0 aliphatic heterocycles. The Morgan fingerprint density at radius 3 is 2.75 bits per heavy atom. The topological polar surface area (TPSA) is 12.0 Å². The second kappa shape index (κ2) is 7.09. The standard InChI is InChI=1S/C18H28BrN/c1-4-7-15-10-11-18(15,3)17(5-2)20-13-14-8-6-9-16(19)12-14/h6,8-9,12,15,17,20H,4-5,7,10-11,13H2,1-3H3. The molecule has 1 aliphatic rings. The molecule has 1 N–H and O–H groups in total. The molecule has 3 atom stereocenters. The Kier molecular flexibility index (Phi) is 5.68. The molecule has 0 aromatic heterocycles. The molecule has 3 unspecified atom stereocenters. The van der Waals surface area contributed by atoms with E-state index in [1.165, 1.54) is 42.1 Å². The first-order valence-electron chi connectivity index (χ1n) is 8.08. The Morgan fingerprint density at radius 1 is 1.40 bits per heavy atom. The highest BCUT2D eigenvalue weighted by molar-refractivity contribution is 9.10. The van der Waals surface area contributed by atoms with Gasteiger partial charge in [0.2, 0.25) is 0 Å². The molecule has 2 heteroatoms. The van der Waals surface area contributed by atoms with Gasteiger partial charge in [0, 0.05) is 17.1 Å². The van der Waals surface area contributed by atoms with E-state index in [1.54, 1.807) is 0 Å². The van der Waals surface area contributed by atoms with Crippen molar-refractivity contribution in [2.75, 3.05) is 0 Å². The van der Waals surface area contributed by atoms with E-state index in [-0.39, 0.29) is 0 Å². The number of nitrogens with one attached hydrogen (secondary N) is 1. The van der Waals surface area contributed by atoms with Crippen molar-refractivity contribution in [2.45, 2.75) is 65.5 Å². The molecular weight excluding hydrogens is 310 g/mol. The molecule has 1 aromatic rings. The minimum Gasteiger partial charge on any atom is -0.309 e. The Bertz CT molecular complexity index is 431. The van der Waals surface area contributed by atoms with Crippen molar-refractivity contribution in [3.63, 3.8) is 0 Å². The second-order valence-electron chi connectivity index (χ2n) is 6.50. The Hall–Kier alpha value is -0.340. The minimum atomic E-state index is 0.511. The highest BCUT2D eigenvalue weighted by atomic mass is 79.9. The molecule has 1 fully saturated rings. The molecule has 1 saturated carbocycles. The average molecular weight is 338 g/mol. The quantitative estimate of drug-likeness (QED) is 0.689. The van der Waals surface area contributed by atoms with E-state index in [2.05, 4.69) is 66.3 Å². The van der Waals surface area contributed by atoms with Crippen LogP contribution < -0.4 is 5.32 Å². The molecular formula is C18H28BrN. The van der Waals surface area contributed by atoms with E-state index in [9.17, 15) is 0 Å². The summed E-state index contributed by atoms with van der Waals surface area (Å²) in [5.41, 5.74) is 1.88. The third-order valence-corrected chi connectivity index (χ3v) is 5.74. The maximum absolute atomic E-state index is 3.82. The third kappa shape index (κ3) is 3.46. The van der Waals surface area contributed by atoms with Crippen molar-refractivity contribution in [1.29, 1.82) is 0 Å². The first kappa shape index (κ1) is 16.0. The summed E-state index contributed by atoms with van der Waals surface area (Å²) in [5.74, 6) is 0.924. The van der Waals surface area contributed by atoms with E-state index < -0.39 is 0 Å². The lowest BCUT2D eigenvalue weighted by Gasteiger charge is -2.52. The zero-order valence-electron chi connectivity index (χ0n) is 13.1. The summed E-state index contributed by atoms with van der Waals surface area (Å²) in [6, 6.07) is 9.27. The monoisotopic (exact) mass is 337 g/mol. The van der Waals surface area contributed by atoms with E-state index in [0.717, 1.165) is 12.5 Å². The van der Waals surface area contributed by atoms with Gasteiger partial charge in [0.1, 0.15) is 0 Å². The van der Waals surface area contributed by atoms with Crippen molar-refractivity contribution < 1.29 is 0 Å². The van der Waals surface area contributed by atoms with Gasteiger partial charge in [-0.15, -0.1) is 0 Å². The van der Waals surface area contributed by atoms with Gasteiger partial charge < -0.3 is 5.32 Å². The lowest BCUT2D eigenvalue weighted by atomic mass is 9.55. The number of hydrogen-bond acceptors (Lipinski definition) is 1. The smallest absolute Gasteiger partial charge is 0.0208 e. The van der Waals surface area contributed by atoms with Gasteiger partial charge in [0.15, 0.2) is 0 Å². The van der Waals surface area contributed by atoms with Crippen LogP contribution in [0, 0.1) is 11.3 Å². The largest absolute Gasteiger partial charge is 0.309 e. The van der Waals surface area contributed by atoms with E-state index >= 15 is 0 Å². The van der Waals surface area contributed by atoms with Crippen LogP contribution >= 0.6 is 15.9 Å². The summed E-state index contributed by atoms with van der Waals surface area (Å²) in [7, 11) is 0. The number of rotatable bonds is 7. The van der Waals surface area contributed by atoms with Crippen LogP contribution in [0.1, 0.15) is 58.4 Å². The predicted octanol–water partition coefficient (Wildman–Crippen LogP) is 5.53. The molecule has 0 saturated heterocycles. The SMILES string of the molecule is CCCC1CCC1(C)C(CC)NCc1cccc(Br)c1. The van der Waals surface area contributed by atoms with Gasteiger partial charge in [0.25, 0.3) is 0 Å². The van der Waals surface area contributed by atoms with Crippen molar-refractivity contribution in [3.8, 4) is 0 Å². The molecule has 1 nitrogen and oxygen atoms in total. The molecule has 112 valence electrons. The van der Waals surface area contributed by atoms with Crippen molar-refractivity contribution in [3.05, 3.63) is 34.3 Å². The van der Waals surface area contributed by atoms with E-state index in [0.29, 0.717) is 11.5 Å². The van der Waals surface area contributed by atoms with Gasteiger partial charge in [-0.25, -0.2) is 0 Å².